The zero-order valence-electron chi connectivity index (χ0n) is 10.2. The van der Waals surface area contributed by atoms with E-state index in [0.29, 0.717) is 12.1 Å². The molecule has 1 aliphatic rings. The Morgan fingerprint density at radius 2 is 2.35 bits per heavy atom. The maximum absolute atomic E-state index is 11.2. The monoisotopic (exact) mass is 315 g/mol. The smallest absolute Gasteiger partial charge is 0.0383 e. The van der Waals surface area contributed by atoms with Crippen molar-refractivity contribution in [1.82, 2.24) is 5.32 Å². The Balaban J connectivity index is 2.04. The first-order valence-corrected chi connectivity index (χ1v) is 8.42. The molecule has 1 aromatic rings. The molecule has 0 aliphatic heterocycles. The molecule has 94 valence electrons. The summed E-state index contributed by atoms with van der Waals surface area (Å²) in [4.78, 5) is 0. The van der Waals surface area contributed by atoms with Gasteiger partial charge in [-0.15, -0.1) is 0 Å². The van der Waals surface area contributed by atoms with E-state index in [0.717, 1.165) is 23.1 Å². The fourth-order valence-corrected chi connectivity index (χ4v) is 3.71. The average molecular weight is 316 g/mol. The van der Waals surface area contributed by atoms with Crippen molar-refractivity contribution < 1.29 is 4.21 Å². The molecule has 0 bridgehead atoms. The number of hydrogen-bond donors (Lipinski definition) is 1. The Morgan fingerprint density at radius 1 is 1.59 bits per heavy atom. The van der Waals surface area contributed by atoms with Crippen LogP contribution in [0.15, 0.2) is 22.7 Å². The van der Waals surface area contributed by atoms with E-state index in [2.05, 4.69) is 46.4 Å². The molecule has 0 saturated heterocycles. The maximum Gasteiger partial charge on any atom is 0.0383 e. The van der Waals surface area contributed by atoms with Crippen molar-refractivity contribution >= 4 is 26.7 Å². The zero-order valence-corrected chi connectivity index (χ0v) is 12.6. The normalized spacial score (nSPS) is 22.2. The summed E-state index contributed by atoms with van der Waals surface area (Å²) >= 11 is 3.51. The maximum atomic E-state index is 11.2. The summed E-state index contributed by atoms with van der Waals surface area (Å²) in [7, 11) is -0.727. The molecule has 0 heterocycles. The van der Waals surface area contributed by atoms with Gasteiger partial charge in [-0.2, -0.15) is 0 Å². The van der Waals surface area contributed by atoms with Gasteiger partial charge in [0.1, 0.15) is 0 Å². The molecule has 3 unspecified atom stereocenters. The van der Waals surface area contributed by atoms with Crippen molar-refractivity contribution in [3.05, 3.63) is 33.8 Å². The molecule has 17 heavy (non-hydrogen) atoms. The summed E-state index contributed by atoms with van der Waals surface area (Å²) in [6.07, 6.45) is 4.04. The largest absolute Gasteiger partial charge is 0.307 e. The van der Waals surface area contributed by atoms with E-state index in [4.69, 9.17) is 0 Å². The van der Waals surface area contributed by atoms with E-state index in [1.807, 2.05) is 0 Å². The third kappa shape index (κ3) is 3.39. The van der Waals surface area contributed by atoms with Gasteiger partial charge < -0.3 is 5.32 Å². The van der Waals surface area contributed by atoms with Crippen LogP contribution in [0.1, 0.15) is 30.5 Å². The fourth-order valence-electron chi connectivity index (χ4n) is 2.50. The van der Waals surface area contributed by atoms with Gasteiger partial charge in [-0.3, -0.25) is 4.21 Å². The van der Waals surface area contributed by atoms with E-state index in [1.165, 1.54) is 11.1 Å². The average Bonchev–Trinajstić information content (AvgIpc) is 2.59. The quantitative estimate of drug-likeness (QED) is 0.925. The predicted octanol–water partition coefficient (Wildman–Crippen LogP) is 2.79. The van der Waals surface area contributed by atoms with Gasteiger partial charge in [0.25, 0.3) is 0 Å². The van der Waals surface area contributed by atoms with Crippen LogP contribution in [0.2, 0.25) is 0 Å². The molecule has 1 N–H and O–H groups in total. The molecule has 1 aliphatic carbocycles. The second-order valence-electron chi connectivity index (χ2n) is 4.74. The minimum Gasteiger partial charge on any atom is -0.307 e. The van der Waals surface area contributed by atoms with E-state index in [1.54, 1.807) is 6.26 Å². The summed E-state index contributed by atoms with van der Waals surface area (Å²) in [5, 5.41) is 3.58. The fraction of sp³-hybridized carbons (Fsp3) is 0.538. The minimum absolute atomic E-state index is 0.306. The Labute approximate surface area is 114 Å². The van der Waals surface area contributed by atoms with Crippen LogP contribution in [0.5, 0.6) is 0 Å². The number of aryl methyl sites for hydroxylation is 1. The lowest BCUT2D eigenvalue weighted by atomic mass is 10.1. The number of halogens is 1. The molecule has 0 amide bonds. The number of hydrogen-bond acceptors (Lipinski definition) is 2. The van der Waals surface area contributed by atoms with Crippen molar-refractivity contribution in [2.45, 2.75) is 31.8 Å². The summed E-state index contributed by atoms with van der Waals surface area (Å²) in [5.74, 6) is 0.725. The van der Waals surface area contributed by atoms with Crippen molar-refractivity contribution in [2.75, 3.05) is 12.0 Å². The van der Waals surface area contributed by atoms with Gasteiger partial charge in [0.2, 0.25) is 0 Å². The van der Waals surface area contributed by atoms with Crippen molar-refractivity contribution in [3.63, 3.8) is 0 Å². The van der Waals surface area contributed by atoms with E-state index >= 15 is 0 Å². The Kier molecular flexibility index (Phi) is 4.39. The van der Waals surface area contributed by atoms with E-state index in [-0.39, 0.29) is 0 Å². The third-order valence-corrected chi connectivity index (χ3v) is 4.62. The Morgan fingerprint density at radius 3 is 3.06 bits per heavy atom. The molecule has 0 spiro atoms. The summed E-state index contributed by atoms with van der Waals surface area (Å²) in [6.45, 7) is 2.11. The molecular weight excluding hydrogens is 298 g/mol. The highest BCUT2D eigenvalue weighted by molar-refractivity contribution is 9.10. The molecule has 0 aromatic heterocycles. The molecule has 0 fully saturated rings. The Hall–Kier alpha value is -0.190. The molecule has 2 rings (SSSR count). The molecule has 3 atom stereocenters. The van der Waals surface area contributed by atoms with Crippen LogP contribution in [0.4, 0.5) is 0 Å². The summed E-state index contributed by atoms with van der Waals surface area (Å²) in [6, 6.07) is 7.23. The van der Waals surface area contributed by atoms with Crippen LogP contribution in [-0.4, -0.2) is 22.3 Å². The second kappa shape index (κ2) is 5.63. The number of nitrogens with one attached hydrogen (secondary N) is 1. The lowest BCUT2D eigenvalue weighted by molar-refractivity contribution is 0.477. The van der Waals surface area contributed by atoms with Gasteiger partial charge in [0, 0.05) is 39.4 Å². The van der Waals surface area contributed by atoms with Crippen LogP contribution in [0.25, 0.3) is 0 Å². The van der Waals surface area contributed by atoms with E-state index in [9.17, 15) is 4.21 Å². The van der Waals surface area contributed by atoms with Crippen LogP contribution in [-0.2, 0) is 17.2 Å². The highest BCUT2D eigenvalue weighted by Crippen LogP contribution is 2.33. The standard InChI is InChI=1S/C13H18BrNOS/c1-9(8-17(2)16)15-13-6-3-10-7-11(14)4-5-12(10)13/h4-5,7,9,13,15H,3,6,8H2,1-2H3. The van der Waals surface area contributed by atoms with Gasteiger partial charge in [0.15, 0.2) is 0 Å². The zero-order chi connectivity index (χ0) is 12.4. The van der Waals surface area contributed by atoms with Gasteiger partial charge in [-0.1, -0.05) is 22.0 Å². The number of fused-ring (bicyclic) bond motifs is 1. The van der Waals surface area contributed by atoms with E-state index < -0.39 is 10.8 Å². The van der Waals surface area contributed by atoms with Gasteiger partial charge in [0.05, 0.1) is 0 Å². The first kappa shape index (κ1) is 13.2. The minimum atomic E-state index is -0.727. The molecule has 1 aromatic carbocycles. The summed E-state index contributed by atoms with van der Waals surface area (Å²) in [5.41, 5.74) is 2.84. The van der Waals surface area contributed by atoms with Crippen LogP contribution >= 0.6 is 15.9 Å². The topological polar surface area (TPSA) is 29.1 Å². The summed E-state index contributed by atoms with van der Waals surface area (Å²) < 4.78 is 12.3. The van der Waals surface area contributed by atoms with Crippen molar-refractivity contribution in [1.29, 1.82) is 0 Å². The Bertz CT molecular complexity index is 435. The van der Waals surface area contributed by atoms with Crippen LogP contribution < -0.4 is 5.32 Å². The van der Waals surface area contributed by atoms with Gasteiger partial charge >= 0.3 is 0 Å². The lowest BCUT2D eigenvalue weighted by Crippen LogP contribution is -2.33. The molecule has 4 heteroatoms. The van der Waals surface area contributed by atoms with Crippen molar-refractivity contribution in [2.24, 2.45) is 0 Å². The SMILES string of the molecule is CC(CS(C)=O)NC1CCc2cc(Br)ccc21. The highest BCUT2D eigenvalue weighted by atomic mass is 79.9. The predicted molar refractivity (Wildman–Crippen MR) is 76.7 cm³/mol. The lowest BCUT2D eigenvalue weighted by Gasteiger charge is -2.19. The molecular formula is C13H18BrNOS. The number of benzene rings is 1. The van der Waals surface area contributed by atoms with Crippen LogP contribution in [0, 0.1) is 0 Å². The van der Waals surface area contributed by atoms with Gasteiger partial charge in [-0.05, 0) is 43.0 Å². The van der Waals surface area contributed by atoms with Crippen LogP contribution in [0.3, 0.4) is 0 Å². The molecule has 0 radical (unpaired) electrons. The van der Waals surface area contributed by atoms with Crippen molar-refractivity contribution in [3.8, 4) is 0 Å². The third-order valence-electron chi connectivity index (χ3n) is 3.15. The number of rotatable bonds is 4. The first-order chi connectivity index (χ1) is 8.06. The highest BCUT2D eigenvalue weighted by Gasteiger charge is 2.23. The molecule has 0 saturated carbocycles. The second-order valence-corrected chi connectivity index (χ2v) is 7.14. The van der Waals surface area contributed by atoms with Gasteiger partial charge in [-0.25, -0.2) is 0 Å². The first-order valence-electron chi connectivity index (χ1n) is 5.90. The molecule has 2 nitrogen and oxygen atoms in total.